The Morgan fingerprint density at radius 1 is 1.30 bits per heavy atom. The number of hydrogen-bond acceptors (Lipinski definition) is 8. The molecule has 2 aromatic heterocycles. The van der Waals surface area contributed by atoms with E-state index in [2.05, 4.69) is 25.5 Å². The molecule has 2 heterocycles. The molecular weight excluding hydrogens is 306 g/mol. The summed E-state index contributed by atoms with van der Waals surface area (Å²) in [5.74, 6) is -2.04. The largest absolute Gasteiger partial charge is 0.501 e. The Kier molecular flexibility index (Phi) is 4.00. The van der Waals surface area contributed by atoms with Crippen LogP contribution in [0, 0.1) is 6.92 Å². The number of ketones is 1. The number of hydrogen-bond donors (Lipinski definition) is 3. The van der Waals surface area contributed by atoms with Crippen molar-refractivity contribution in [1.82, 2.24) is 25.5 Å². The first-order valence-electron chi connectivity index (χ1n) is 6.59. The van der Waals surface area contributed by atoms with E-state index in [0.29, 0.717) is 0 Å². The molecule has 2 rings (SSSR count). The minimum atomic E-state index is -1.17. The molecule has 0 fully saturated rings. The standard InChI is InChI=1S/C13H15N5O5/c1-5(19)7-8(20)9(21)15-12(14-7)13(3,4)16-10(22)11-18-17-6(2)23-11/h20H,1-4H3,(H,16,22)(H,14,15,21). The summed E-state index contributed by atoms with van der Waals surface area (Å²) in [6.07, 6.45) is 0. The summed E-state index contributed by atoms with van der Waals surface area (Å²) in [6.45, 7) is 5.80. The van der Waals surface area contributed by atoms with E-state index in [1.165, 1.54) is 6.92 Å². The molecule has 0 aliphatic carbocycles. The monoisotopic (exact) mass is 321 g/mol. The summed E-state index contributed by atoms with van der Waals surface area (Å²) in [5.41, 5.74) is -2.42. The maximum absolute atomic E-state index is 12.1. The number of aromatic nitrogens is 4. The van der Waals surface area contributed by atoms with Crippen LogP contribution in [-0.2, 0) is 5.54 Å². The number of aryl methyl sites for hydroxylation is 1. The Bertz CT molecular complexity index is 836. The Morgan fingerprint density at radius 3 is 2.48 bits per heavy atom. The molecule has 3 N–H and O–H groups in total. The minimum absolute atomic E-state index is 0.00455. The van der Waals surface area contributed by atoms with Gasteiger partial charge in [-0.2, -0.15) is 0 Å². The Balaban J connectivity index is 2.38. The van der Waals surface area contributed by atoms with Crippen molar-refractivity contribution in [2.45, 2.75) is 33.2 Å². The second-order valence-electron chi connectivity index (χ2n) is 5.37. The Hall–Kier alpha value is -3.04. The van der Waals surface area contributed by atoms with Crippen molar-refractivity contribution in [3.63, 3.8) is 0 Å². The number of Topliss-reactive ketones (excluding diaryl/α,β-unsaturated/α-hetero) is 1. The average Bonchev–Trinajstić information content (AvgIpc) is 2.87. The summed E-state index contributed by atoms with van der Waals surface area (Å²) in [4.78, 5) is 41.5. The van der Waals surface area contributed by atoms with Crippen LogP contribution in [0.2, 0.25) is 0 Å². The van der Waals surface area contributed by atoms with Crippen LogP contribution in [0.3, 0.4) is 0 Å². The van der Waals surface area contributed by atoms with Crippen LogP contribution in [-0.4, -0.2) is 37.0 Å². The molecule has 2 aromatic rings. The molecule has 0 saturated carbocycles. The SMILES string of the molecule is CC(=O)c1nc(C(C)(C)NC(=O)c2nnc(C)o2)[nH]c(=O)c1O. The highest BCUT2D eigenvalue weighted by Crippen LogP contribution is 2.18. The van der Waals surface area contributed by atoms with Gasteiger partial charge in [0.1, 0.15) is 5.82 Å². The first-order valence-corrected chi connectivity index (χ1v) is 6.59. The summed E-state index contributed by atoms with van der Waals surface area (Å²) in [5, 5.41) is 19.3. The maximum Gasteiger partial charge on any atom is 0.309 e. The molecule has 0 aliphatic heterocycles. The van der Waals surface area contributed by atoms with Crippen molar-refractivity contribution in [3.05, 3.63) is 33.7 Å². The third-order valence-corrected chi connectivity index (χ3v) is 2.97. The van der Waals surface area contributed by atoms with Gasteiger partial charge in [0.25, 0.3) is 5.56 Å². The number of H-pyrrole nitrogens is 1. The molecule has 0 unspecified atom stereocenters. The van der Waals surface area contributed by atoms with E-state index in [0.717, 1.165) is 6.92 Å². The number of aromatic hydroxyl groups is 1. The first-order chi connectivity index (χ1) is 10.6. The molecule has 0 radical (unpaired) electrons. The Labute approximate surface area is 130 Å². The summed E-state index contributed by atoms with van der Waals surface area (Å²) in [7, 11) is 0. The topological polar surface area (TPSA) is 151 Å². The average molecular weight is 321 g/mol. The fourth-order valence-corrected chi connectivity index (χ4v) is 1.79. The summed E-state index contributed by atoms with van der Waals surface area (Å²) in [6, 6.07) is 0. The van der Waals surface area contributed by atoms with Gasteiger partial charge in [-0.25, -0.2) is 4.98 Å². The van der Waals surface area contributed by atoms with Crippen molar-refractivity contribution >= 4 is 11.7 Å². The van der Waals surface area contributed by atoms with Crippen LogP contribution in [0.1, 0.15) is 53.7 Å². The molecule has 10 nitrogen and oxygen atoms in total. The van der Waals surface area contributed by atoms with Gasteiger partial charge >= 0.3 is 11.8 Å². The summed E-state index contributed by atoms with van der Waals surface area (Å²) >= 11 is 0. The zero-order valence-electron chi connectivity index (χ0n) is 12.9. The Morgan fingerprint density at radius 2 is 1.96 bits per heavy atom. The van der Waals surface area contributed by atoms with Gasteiger partial charge in [-0.15, -0.1) is 10.2 Å². The normalized spacial score (nSPS) is 11.3. The zero-order chi connectivity index (χ0) is 17.4. The highest BCUT2D eigenvalue weighted by Gasteiger charge is 2.30. The van der Waals surface area contributed by atoms with E-state index in [9.17, 15) is 19.5 Å². The summed E-state index contributed by atoms with van der Waals surface area (Å²) < 4.78 is 5.01. The van der Waals surface area contributed by atoms with Crippen molar-refractivity contribution in [1.29, 1.82) is 0 Å². The van der Waals surface area contributed by atoms with Gasteiger partial charge in [-0.3, -0.25) is 14.4 Å². The number of carbonyl (C=O) groups excluding carboxylic acids is 2. The van der Waals surface area contributed by atoms with Crippen LogP contribution in [0.25, 0.3) is 0 Å². The number of nitrogens with zero attached hydrogens (tertiary/aromatic N) is 3. The number of rotatable bonds is 4. The predicted molar refractivity (Wildman–Crippen MR) is 76.1 cm³/mol. The molecule has 0 atom stereocenters. The molecule has 23 heavy (non-hydrogen) atoms. The molecule has 0 bridgehead atoms. The third-order valence-electron chi connectivity index (χ3n) is 2.97. The highest BCUT2D eigenvalue weighted by atomic mass is 16.4. The quantitative estimate of drug-likeness (QED) is 0.667. The van der Waals surface area contributed by atoms with Gasteiger partial charge in [0, 0.05) is 13.8 Å². The number of aromatic amines is 1. The smallest absolute Gasteiger partial charge is 0.309 e. The van der Waals surface area contributed by atoms with E-state index >= 15 is 0 Å². The van der Waals surface area contributed by atoms with Crippen LogP contribution in [0.15, 0.2) is 9.21 Å². The van der Waals surface area contributed by atoms with Crippen molar-refractivity contribution in [3.8, 4) is 5.75 Å². The van der Waals surface area contributed by atoms with E-state index in [1.807, 2.05) is 0 Å². The third kappa shape index (κ3) is 3.25. The number of amides is 1. The fraction of sp³-hybridized carbons (Fsp3) is 0.385. The van der Waals surface area contributed by atoms with Crippen molar-refractivity contribution in [2.24, 2.45) is 0 Å². The van der Waals surface area contributed by atoms with Gasteiger partial charge in [0.2, 0.25) is 11.6 Å². The van der Waals surface area contributed by atoms with Gasteiger partial charge in [-0.1, -0.05) is 0 Å². The van der Waals surface area contributed by atoms with Gasteiger partial charge in [0.15, 0.2) is 11.5 Å². The van der Waals surface area contributed by atoms with Crippen LogP contribution < -0.4 is 10.9 Å². The van der Waals surface area contributed by atoms with E-state index < -0.39 is 28.5 Å². The lowest BCUT2D eigenvalue weighted by atomic mass is 10.0. The molecule has 0 spiro atoms. The molecule has 10 heteroatoms. The molecule has 0 saturated heterocycles. The van der Waals surface area contributed by atoms with E-state index in [-0.39, 0.29) is 23.3 Å². The predicted octanol–water partition coefficient (Wildman–Crippen LogP) is 0.0346. The first kappa shape index (κ1) is 16.3. The lowest BCUT2D eigenvalue weighted by molar-refractivity contribution is 0.0871. The van der Waals surface area contributed by atoms with Crippen molar-refractivity contribution in [2.75, 3.05) is 0 Å². The molecule has 1 amide bonds. The highest BCUT2D eigenvalue weighted by molar-refractivity contribution is 5.94. The van der Waals surface area contributed by atoms with Gasteiger partial charge in [-0.05, 0) is 13.8 Å². The molecular formula is C13H15N5O5. The fourth-order valence-electron chi connectivity index (χ4n) is 1.79. The zero-order valence-corrected chi connectivity index (χ0v) is 12.9. The lowest BCUT2D eigenvalue weighted by Crippen LogP contribution is -2.43. The van der Waals surface area contributed by atoms with Crippen molar-refractivity contribution < 1.29 is 19.1 Å². The van der Waals surface area contributed by atoms with E-state index in [1.54, 1.807) is 13.8 Å². The lowest BCUT2D eigenvalue weighted by Gasteiger charge is -2.24. The minimum Gasteiger partial charge on any atom is -0.501 e. The molecule has 122 valence electrons. The second-order valence-corrected chi connectivity index (χ2v) is 5.37. The number of nitrogens with one attached hydrogen (secondary N) is 2. The van der Waals surface area contributed by atoms with Gasteiger partial charge < -0.3 is 19.8 Å². The molecule has 0 aromatic carbocycles. The number of carbonyl (C=O) groups is 2. The van der Waals surface area contributed by atoms with Crippen LogP contribution >= 0.6 is 0 Å². The van der Waals surface area contributed by atoms with E-state index in [4.69, 9.17) is 4.42 Å². The van der Waals surface area contributed by atoms with Crippen LogP contribution in [0.5, 0.6) is 5.75 Å². The van der Waals surface area contributed by atoms with Crippen LogP contribution in [0.4, 0.5) is 0 Å². The second kappa shape index (κ2) is 5.63. The molecule has 0 aliphatic rings. The maximum atomic E-state index is 12.1. The van der Waals surface area contributed by atoms with Gasteiger partial charge in [0.05, 0.1) is 5.54 Å².